The Hall–Kier alpha value is -2.36. The second-order valence-electron chi connectivity index (χ2n) is 3.69. The molecule has 3 aromatic rings. The van der Waals surface area contributed by atoms with Crippen LogP contribution in [0, 0.1) is 0 Å². The average molecular weight is 225 g/mol. The van der Waals surface area contributed by atoms with Crippen molar-refractivity contribution in [2.45, 2.75) is 0 Å². The number of rotatable bonds is 2. The van der Waals surface area contributed by atoms with Crippen LogP contribution in [0.1, 0.15) is 0 Å². The molecule has 0 aliphatic carbocycles. The van der Waals surface area contributed by atoms with Gasteiger partial charge in [-0.1, -0.05) is 12.1 Å². The molecule has 0 amide bonds. The van der Waals surface area contributed by atoms with Gasteiger partial charge in [0.1, 0.15) is 6.33 Å². The van der Waals surface area contributed by atoms with Gasteiger partial charge >= 0.3 is 0 Å². The molecule has 84 valence electrons. The molecule has 0 atom stereocenters. The van der Waals surface area contributed by atoms with Crippen LogP contribution in [0.4, 0.5) is 0 Å². The SMILES string of the molecule is COc1cc(-c2cccc3[nH]ccc23)ncn1. The number of hydrogen-bond donors (Lipinski definition) is 1. The Labute approximate surface area is 98.3 Å². The molecule has 17 heavy (non-hydrogen) atoms. The zero-order valence-corrected chi connectivity index (χ0v) is 9.34. The largest absolute Gasteiger partial charge is 0.481 e. The van der Waals surface area contributed by atoms with Crippen LogP contribution in [0.2, 0.25) is 0 Å². The van der Waals surface area contributed by atoms with E-state index < -0.39 is 0 Å². The Morgan fingerprint density at radius 1 is 1.18 bits per heavy atom. The minimum absolute atomic E-state index is 0.572. The molecule has 1 aromatic carbocycles. The standard InChI is InChI=1S/C13H11N3O/c1-17-13-7-12(15-8-16-13)9-3-2-4-11-10(9)5-6-14-11/h2-8,14H,1H3. The van der Waals surface area contributed by atoms with Crippen LogP contribution in [0.5, 0.6) is 5.88 Å². The van der Waals surface area contributed by atoms with Crippen LogP contribution in [0.25, 0.3) is 22.2 Å². The molecule has 0 unspecified atom stereocenters. The lowest BCUT2D eigenvalue weighted by molar-refractivity contribution is 0.397. The fourth-order valence-electron chi connectivity index (χ4n) is 1.91. The summed E-state index contributed by atoms with van der Waals surface area (Å²) in [5.41, 5.74) is 3.03. The number of ether oxygens (including phenoxy) is 1. The minimum atomic E-state index is 0.572. The van der Waals surface area contributed by atoms with Gasteiger partial charge in [-0.05, 0) is 12.1 Å². The lowest BCUT2D eigenvalue weighted by Gasteiger charge is -2.04. The van der Waals surface area contributed by atoms with Crippen molar-refractivity contribution in [2.75, 3.05) is 7.11 Å². The van der Waals surface area contributed by atoms with E-state index in [-0.39, 0.29) is 0 Å². The summed E-state index contributed by atoms with van der Waals surface area (Å²) in [7, 11) is 1.60. The molecule has 0 aliphatic rings. The summed E-state index contributed by atoms with van der Waals surface area (Å²) in [5, 5.41) is 1.15. The Balaban J connectivity index is 2.23. The first kappa shape index (κ1) is 9.84. The summed E-state index contributed by atoms with van der Waals surface area (Å²) in [4.78, 5) is 11.5. The van der Waals surface area contributed by atoms with Crippen LogP contribution < -0.4 is 4.74 Å². The van der Waals surface area contributed by atoms with Crippen molar-refractivity contribution < 1.29 is 4.74 Å². The predicted octanol–water partition coefficient (Wildman–Crippen LogP) is 2.63. The third kappa shape index (κ3) is 1.63. The van der Waals surface area contributed by atoms with Gasteiger partial charge in [-0.15, -0.1) is 0 Å². The lowest BCUT2D eigenvalue weighted by Crippen LogP contribution is -1.91. The summed E-state index contributed by atoms with van der Waals surface area (Å²) >= 11 is 0. The van der Waals surface area contributed by atoms with Crippen LogP contribution in [-0.2, 0) is 0 Å². The smallest absolute Gasteiger partial charge is 0.216 e. The number of nitrogens with one attached hydrogen (secondary N) is 1. The summed E-state index contributed by atoms with van der Waals surface area (Å²) in [6, 6.07) is 9.96. The molecular weight excluding hydrogens is 214 g/mol. The maximum atomic E-state index is 5.11. The van der Waals surface area contributed by atoms with Gasteiger partial charge in [0.05, 0.1) is 12.8 Å². The number of methoxy groups -OCH3 is 1. The second kappa shape index (κ2) is 3.90. The third-order valence-corrected chi connectivity index (χ3v) is 2.72. The third-order valence-electron chi connectivity index (χ3n) is 2.72. The quantitative estimate of drug-likeness (QED) is 0.729. The minimum Gasteiger partial charge on any atom is -0.481 e. The van der Waals surface area contributed by atoms with Gasteiger partial charge in [-0.3, -0.25) is 0 Å². The fraction of sp³-hybridized carbons (Fsp3) is 0.0769. The molecule has 0 radical (unpaired) electrons. The van der Waals surface area contributed by atoms with Crippen molar-refractivity contribution >= 4 is 10.9 Å². The van der Waals surface area contributed by atoms with Gasteiger partial charge in [0, 0.05) is 28.7 Å². The van der Waals surface area contributed by atoms with E-state index in [2.05, 4.69) is 15.0 Å². The van der Waals surface area contributed by atoms with Gasteiger partial charge in [-0.25, -0.2) is 9.97 Å². The molecule has 4 heteroatoms. The number of aromatic amines is 1. The molecule has 0 saturated carbocycles. The molecule has 0 aliphatic heterocycles. The van der Waals surface area contributed by atoms with E-state index in [9.17, 15) is 0 Å². The van der Waals surface area contributed by atoms with E-state index >= 15 is 0 Å². The molecule has 3 rings (SSSR count). The highest BCUT2D eigenvalue weighted by Crippen LogP contribution is 2.27. The van der Waals surface area contributed by atoms with E-state index in [1.165, 1.54) is 6.33 Å². The number of aromatic nitrogens is 3. The zero-order chi connectivity index (χ0) is 11.7. The highest BCUT2D eigenvalue weighted by molar-refractivity contribution is 5.94. The molecule has 0 fully saturated rings. The summed E-state index contributed by atoms with van der Waals surface area (Å²) in [5.74, 6) is 0.572. The molecule has 0 spiro atoms. The first-order valence-corrected chi connectivity index (χ1v) is 5.31. The van der Waals surface area contributed by atoms with Crippen molar-refractivity contribution in [1.29, 1.82) is 0 Å². The van der Waals surface area contributed by atoms with Crippen molar-refractivity contribution in [3.05, 3.63) is 42.9 Å². The molecule has 0 bridgehead atoms. The number of nitrogens with zero attached hydrogens (tertiary/aromatic N) is 2. The first-order valence-electron chi connectivity index (χ1n) is 5.31. The number of H-pyrrole nitrogens is 1. The van der Waals surface area contributed by atoms with Crippen LogP contribution in [0.15, 0.2) is 42.9 Å². The van der Waals surface area contributed by atoms with Gasteiger partial charge < -0.3 is 9.72 Å². The zero-order valence-electron chi connectivity index (χ0n) is 9.34. The maximum Gasteiger partial charge on any atom is 0.216 e. The van der Waals surface area contributed by atoms with Crippen LogP contribution >= 0.6 is 0 Å². The van der Waals surface area contributed by atoms with Gasteiger partial charge in [0.15, 0.2) is 0 Å². The first-order chi connectivity index (χ1) is 8.38. The molecule has 4 nitrogen and oxygen atoms in total. The van der Waals surface area contributed by atoms with E-state index in [1.807, 2.05) is 36.5 Å². The topological polar surface area (TPSA) is 50.8 Å². The molecule has 0 saturated heterocycles. The fourth-order valence-corrected chi connectivity index (χ4v) is 1.91. The van der Waals surface area contributed by atoms with E-state index in [1.54, 1.807) is 7.11 Å². The second-order valence-corrected chi connectivity index (χ2v) is 3.69. The van der Waals surface area contributed by atoms with E-state index in [0.717, 1.165) is 22.2 Å². The number of fused-ring (bicyclic) bond motifs is 1. The van der Waals surface area contributed by atoms with Gasteiger partial charge in [-0.2, -0.15) is 0 Å². The van der Waals surface area contributed by atoms with Crippen molar-refractivity contribution in [3.63, 3.8) is 0 Å². The highest BCUT2D eigenvalue weighted by Gasteiger charge is 2.06. The Kier molecular flexibility index (Phi) is 2.26. The van der Waals surface area contributed by atoms with Gasteiger partial charge in [0.25, 0.3) is 0 Å². The number of hydrogen-bond acceptors (Lipinski definition) is 3. The number of benzene rings is 1. The van der Waals surface area contributed by atoms with Crippen molar-refractivity contribution in [1.82, 2.24) is 15.0 Å². The Morgan fingerprint density at radius 3 is 3.00 bits per heavy atom. The Bertz CT molecular complexity index is 660. The van der Waals surface area contributed by atoms with Crippen LogP contribution in [0.3, 0.4) is 0 Å². The average Bonchev–Trinajstić information content (AvgIpc) is 2.87. The predicted molar refractivity (Wildman–Crippen MR) is 65.9 cm³/mol. The van der Waals surface area contributed by atoms with E-state index in [0.29, 0.717) is 5.88 Å². The van der Waals surface area contributed by atoms with Crippen molar-refractivity contribution in [2.24, 2.45) is 0 Å². The summed E-state index contributed by atoms with van der Waals surface area (Å²) in [6.07, 6.45) is 3.44. The monoisotopic (exact) mass is 225 g/mol. The van der Waals surface area contributed by atoms with Crippen LogP contribution in [-0.4, -0.2) is 22.1 Å². The molecule has 2 aromatic heterocycles. The lowest BCUT2D eigenvalue weighted by atomic mass is 10.1. The molecular formula is C13H11N3O. The summed E-state index contributed by atoms with van der Waals surface area (Å²) in [6.45, 7) is 0. The maximum absolute atomic E-state index is 5.11. The van der Waals surface area contributed by atoms with E-state index in [4.69, 9.17) is 4.74 Å². The summed E-state index contributed by atoms with van der Waals surface area (Å²) < 4.78 is 5.11. The highest BCUT2D eigenvalue weighted by atomic mass is 16.5. The molecule has 1 N–H and O–H groups in total. The normalized spacial score (nSPS) is 10.6. The van der Waals surface area contributed by atoms with Gasteiger partial charge in [0.2, 0.25) is 5.88 Å². The molecule has 2 heterocycles. The Morgan fingerprint density at radius 2 is 2.12 bits per heavy atom. The van der Waals surface area contributed by atoms with Crippen molar-refractivity contribution in [3.8, 4) is 17.1 Å².